The highest BCUT2D eigenvalue weighted by atomic mass is 16.5. The molecule has 92 valence electrons. The van der Waals surface area contributed by atoms with Crippen molar-refractivity contribution in [3.63, 3.8) is 0 Å². The Bertz CT molecular complexity index is 132. The van der Waals surface area contributed by atoms with Gasteiger partial charge < -0.3 is 14.2 Å². The molecule has 3 nitrogen and oxygen atoms in total. The SMILES string of the molecule is CCOCC(COCC)COC(C)(C)C. The quantitative estimate of drug-likeness (QED) is 0.626. The maximum Gasteiger partial charge on any atom is 0.0598 e. The third-order valence-corrected chi connectivity index (χ3v) is 1.87. The van der Waals surface area contributed by atoms with Crippen LogP contribution < -0.4 is 0 Å². The first-order chi connectivity index (χ1) is 6.99. The van der Waals surface area contributed by atoms with Crippen LogP contribution in [0.3, 0.4) is 0 Å². The Balaban J connectivity index is 3.78. The van der Waals surface area contributed by atoms with Crippen LogP contribution >= 0.6 is 0 Å². The van der Waals surface area contributed by atoms with E-state index in [1.54, 1.807) is 0 Å². The topological polar surface area (TPSA) is 27.7 Å². The Morgan fingerprint density at radius 2 is 1.33 bits per heavy atom. The molecule has 0 spiro atoms. The van der Waals surface area contributed by atoms with Gasteiger partial charge in [0, 0.05) is 19.1 Å². The number of rotatable bonds is 8. The second-order valence-corrected chi connectivity index (χ2v) is 4.61. The minimum atomic E-state index is -0.0866. The average Bonchev–Trinajstić information content (AvgIpc) is 2.15. The molecule has 3 heteroatoms. The van der Waals surface area contributed by atoms with Gasteiger partial charge in [0.05, 0.1) is 25.4 Å². The van der Waals surface area contributed by atoms with Crippen molar-refractivity contribution in [3.8, 4) is 0 Å². The lowest BCUT2D eigenvalue weighted by Crippen LogP contribution is -2.28. The van der Waals surface area contributed by atoms with Gasteiger partial charge in [-0.15, -0.1) is 0 Å². The van der Waals surface area contributed by atoms with Gasteiger partial charge in [0.2, 0.25) is 0 Å². The van der Waals surface area contributed by atoms with Gasteiger partial charge in [-0.1, -0.05) is 0 Å². The van der Waals surface area contributed by atoms with E-state index in [0.29, 0.717) is 25.7 Å². The van der Waals surface area contributed by atoms with Gasteiger partial charge in [-0.3, -0.25) is 0 Å². The standard InChI is InChI=1S/C12H26O3/c1-6-13-8-11(9-14-7-2)10-15-12(3,4)5/h11H,6-10H2,1-5H3. The first-order valence-electron chi connectivity index (χ1n) is 5.79. The molecule has 0 aromatic carbocycles. The Labute approximate surface area is 94.1 Å². The van der Waals surface area contributed by atoms with E-state index in [0.717, 1.165) is 13.2 Å². The molecule has 0 fully saturated rings. The van der Waals surface area contributed by atoms with Crippen LogP contribution in [0, 0.1) is 5.92 Å². The molecule has 0 saturated carbocycles. The van der Waals surface area contributed by atoms with Crippen molar-refractivity contribution in [1.82, 2.24) is 0 Å². The van der Waals surface area contributed by atoms with Crippen LogP contribution in [0.25, 0.3) is 0 Å². The third kappa shape index (κ3) is 10.2. The molecule has 0 radical (unpaired) electrons. The van der Waals surface area contributed by atoms with Crippen molar-refractivity contribution in [3.05, 3.63) is 0 Å². The summed E-state index contributed by atoms with van der Waals surface area (Å²) >= 11 is 0. The Morgan fingerprint density at radius 3 is 1.67 bits per heavy atom. The highest BCUT2D eigenvalue weighted by molar-refractivity contribution is 4.63. The molecular weight excluding hydrogens is 192 g/mol. The highest BCUT2D eigenvalue weighted by Gasteiger charge is 2.15. The number of ether oxygens (including phenoxy) is 3. The summed E-state index contributed by atoms with van der Waals surface area (Å²) in [5, 5.41) is 0. The maximum absolute atomic E-state index is 5.73. The second-order valence-electron chi connectivity index (χ2n) is 4.61. The molecule has 0 aliphatic carbocycles. The summed E-state index contributed by atoms with van der Waals surface area (Å²) in [6.45, 7) is 13.8. The zero-order valence-electron chi connectivity index (χ0n) is 10.8. The van der Waals surface area contributed by atoms with Crippen molar-refractivity contribution in [2.24, 2.45) is 5.92 Å². The van der Waals surface area contributed by atoms with E-state index in [1.807, 2.05) is 13.8 Å². The minimum Gasteiger partial charge on any atom is -0.381 e. The molecule has 0 amide bonds. The Kier molecular flexibility index (Phi) is 8.02. The van der Waals surface area contributed by atoms with Crippen LogP contribution in [-0.4, -0.2) is 38.6 Å². The van der Waals surface area contributed by atoms with Gasteiger partial charge in [0.15, 0.2) is 0 Å². The van der Waals surface area contributed by atoms with Crippen LogP contribution in [0.2, 0.25) is 0 Å². The van der Waals surface area contributed by atoms with Crippen molar-refractivity contribution >= 4 is 0 Å². The van der Waals surface area contributed by atoms with Gasteiger partial charge in [-0.25, -0.2) is 0 Å². The molecule has 0 N–H and O–H groups in total. The fraction of sp³-hybridized carbons (Fsp3) is 1.00. The van der Waals surface area contributed by atoms with E-state index >= 15 is 0 Å². The maximum atomic E-state index is 5.73. The lowest BCUT2D eigenvalue weighted by Gasteiger charge is -2.24. The van der Waals surface area contributed by atoms with E-state index < -0.39 is 0 Å². The summed E-state index contributed by atoms with van der Waals surface area (Å²) in [5.41, 5.74) is -0.0866. The third-order valence-electron chi connectivity index (χ3n) is 1.87. The molecule has 0 saturated heterocycles. The summed E-state index contributed by atoms with van der Waals surface area (Å²) in [7, 11) is 0. The van der Waals surface area contributed by atoms with E-state index in [1.165, 1.54) is 0 Å². The van der Waals surface area contributed by atoms with Crippen molar-refractivity contribution in [1.29, 1.82) is 0 Å². The molecule has 0 aliphatic heterocycles. The van der Waals surface area contributed by atoms with E-state index in [-0.39, 0.29) is 5.60 Å². The van der Waals surface area contributed by atoms with Crippen LogP contribution in [0.1, 0.15) is 34.6 Å². The Morgan fingerprint density at radius 1 is 0.867 bits per heavy atom. The molecule has 0 aliphatic rings. The van der Waals surface area contributed by atoms with Crippen molar-refractivity contribution in [2.45, 2.75) is 40.2 Å². The summed E-state index contributed by atoms with van der Waals surface area (Å²) in [6.07, 6.45) is 0. The largest absolute Gasteiger partial charge is 0.381 e. The second kappa shape index (κ2) is 8.08. The van der Waals surface area contributed by atoms with Crippen molar-refractivity contribution < 1.29 is 14.2 Å². The monoisotopic (exact) mass is 218 g/mol. The number of hydrogen-bond donors (Lipinski definition) is 0. The highest BCUT2D eigenvalue weighted by Crippen LogP contribution is 2.10. The summed E-state index contributed by atoms with van der Waals surface area (Å²) in [5.74, 6) is 0.337. The molecular formula is C12H26O3. The summed E-state index contributed by atoms with van der Waals surface area (Å²) in [6, 6.07) is 0. The van der Waals surface area contributed by atoms with Gasteiger partial charge in [-0.2, -0.15) is 0 Å². The molecule has 0 unspecified atom stereocenters. The molecule has 15 heavy (non-hydrogen) atoms. The molecule has 0 bridgehead atoms. The molecule has 0 aromatic rings. The van der Waals surface area contributed by atoms with Crippen molar-refractivity contribution in [2.75, 3.05) is 33.0 Å². The lowest BCUT2D eigenvalue weighted by molar-refractivity contribution is -0.0568. The fourth-order valence-electron chi connectivity index (χ4n) is 1.08. The van der Waals surface area contributed by atoms with Crippen LogP contribution in [0.5, 0.6) is 0 Å². The number of hydrogen-bond acceptors (Lipinski definition) is 3. The lowest BCUT2D eigenvalue weighted by atomic mass is 10.1. The predicted octanol–water partition coefficient (Wildman–Crippen LogP) is 2.49. The Hall–Kier alpha value is -0.120. The smallest absolute Gasteiger partial charge is 0.0598 e. The van der Waals surface area contributed by atoms with E-state index in [9.17, 15) is 0 Å². The zero-order chi connectivity index (χ0) is 11.7. The van der Waals surface area contributed by atoms with Crippen LogP contribution in [0.4, 0.5) is 0 Å². The fourth-order valence-corrected chi connectivity index (χ4v) is 1.08. The predicted molar refractivity (Wildman–Crippen MR) is 62.2 cm³/mol. The average molecular weight is 218 g/mol. The van der Waals surface area contributed by atoms with Gasteiger partial charge >= 0.3 is 0 Å². The minimum absolute atomic E-state index is 0.0866. The normalized spacial score (nSPS) is 12.4. The van der Waals surface area contributed by atoms with E-state index in [4.69, 9.17) is 14.2 Å². The van der Waals surface area contributed by atoms with Gasteiger partial charge in [-0.05, 0) is 34.6 Å². The van der Waals surface area contributed by atoms with E-state index in [2.05, 4.69) is 20.8 Å². The van der Waals surface area contributed by atoms with Crippen LogP contribution in [-0.2, 0) is 14.2 Å². The molecule has 0 rings (SSSR count). The van der Waals surface area contributed by atoms with Gasteiger partial charge in [0.1, 0.15) is 0 Å². The zero-order valence-corrected chi connectivity index (χ0v) is 10.8. The first kappa shape index (κ1) is 14.9. The summed E-state index contributed by atoms with van der Waals surface area (Å²) in [4.78, 5) is 0. The first-order valence-corrected chi connectivity index (χ1v) is 5.79. The van der Waals surface area contributed by atoms with Gasteiger partial charge in [0.25, 0.3) is 0 Å². The molecule has 0 atom stereocenters. The molecule has 0 heterocycles. The van der Waals surface area contributed by atoms with Crippen LogP contribution in [0.15, 0.2) is 0 Å². The summed E-state index contributed by atoms with van der Waals surface area (Å²) < 4.78 is 16.5. The molecule has 0 aromatic heterocycles.